The van der Waals surface area contributed by atoms with Crippen LogP contribution in [0.15, 0.2) is 78.5 Å². The first-order valence-corrected chi connectivity index (χ1v) is 11.7. The molecule has 0 spiro atoms. The Morgan fingerprint density at radius 3 is 2.50 bits per heavy atom. The Bertz CT molecular complexity index is 1230. The Kier molecular flexibility index (Phi) is 6.76. The summed E-state index contributed by atoms with van der Waals surface area (Å²) in [5.41, 5.74) is 0.883. The molecule has 3 aromatic rings. The summed E-state index contributed by atoms with van der Waals surface area (Å²) in [5, 5.41) is 7.02. The Labute approximate surface area is 193 Å². The lowest BCUT2D eigenvalue weighted by Crippen LogP contribution is -2.31. The Hall–Kier alpha value is -3.10. The van der Waals surface area contributed by atoms with Crippen molar-refractivity contribution in [1.82, 2.24) is 9.78 Å². The van der Waals surface area contributed by atoms with Gasteiger partial charge in [-0.1, -0.05) is 35.9 Å². The molecule has 7 nitrogen and oxygen atoms in total. The van der Waals surface area contributed by atoms with E-state index in [1.54, 1.807) is 41.2 Å². The second-order valence-corrected chi connectivity index (χ2v) is 10.3. The summed E-state index contributed by atoms with van der Waals surface area (Å²) in [6.07, 6.45) is 4.74. The van der Waals surface area contributed by atoms with Gasteiger partial charge in [0, 0.05) is 11.8 Å². The van der Waals surface area contributed by atoms with E-state index in [-0.39, 0.29) is 27.6 Å². The monoisotopic (exact) mass is 472 g/mol. The van der Waals surface area contributed by atoms with Crippen LogP contribution < -0.4 is 9.62 Å². The molecular weight excluding hydrogens is 448 g/mol. The van der Waals surface area contributed by atoms with Crippen molar-refractivity contribution in [3.05, 3.63) is 84.2 Å². The van der Waals surface area contributed by atoms with Gasteiger partial charge < -0.3 is 5.32 Å². The number of carbonyl (C=O) groups is 1. The number of amides is 1. The average molecular weight is 473 g/mol. The van der Waals surface area contributed by atoms with Crippen molar-refractivity contribution in [3.8, 4) is 0 Å². The fourth-order valence-corrected chi connectivity index (χ4v) is 4.91. The van der Waals surface area contributed by atoms with E-state index in [2.05, 4.69) is 17.0 Å². The van der Waals surface area contributed by atoms with E-state index in [9.17, 15) is 13.2 Å². The highest BCUT2D eigenvalue weighted by Crippen LogP contribution is 2.29. The van der Waals surface area contributed by atoms with Gasteiger partial charge in [0.25, 0.3) is 15.9 Å². The Morgan fingerprint density at radius 1 is 1.22 bits per heavy atom. The van der Waals surface area contributed by atoms with Crippen molar-refractivity contribution in [3.63, 3.8) is 0 Å². The molecule has 0 saturated carbocycles. The summed E-state index contributed by atoms with van der Waals surface area (Å²) in [5.74, 6) is -0.471. The minimum atomic E-state index is -4.06. The van der Waals surface area contributed by atoms with E-state index >= 15 is 0 Å². The first-order valence-electron chi connectivity index (χ1n) is 9.89. The molecule has 0 aliphatic carbocycles. The standard InChI is InChI=1S/C23H25ClN4O3S/c1-5-13-27(19-9-7-6-8-10-19)32(30,31)21-14-17(11-12-20(21)24)22(29)26-18-15-25-28(16-18)23(2,3)4/h5-12,14-16H,1,13H2,2-4H3,(H,26,29). The predicted octanol–water partition coefficient (Wildman–Crippen LogP) is 4.93. The fraction of sp³-hybridized carbons (Fsp3) is 0.217. The van der Waals surface area contributed by atoms with E-state index in [1.165, 1.54) is 34.8 Å². The largest absolute Gasteiger partial charge is 0.319 e. The van der Waals surface area contributed by atoms with Crippen LogP contribution in [-0.4, -0.2) is 30.7 Å². The van der Waals surface area contributed by atoms with E-state index in [0.717, 1.165) is 0 Å². The highest BCUT2D eigenvalue weighted by atomic mass is 35.5. The van der Waals surface area contributed by atoms with Crippen LogP contribution in [0.3, 0.4) is 0 Å². The molecule has 9 heteroatoms. The maximum Gasteiger partial charge on any atom is 0.266 e. The van der Waals surface area contributed by atoms with Crippen LogP contribution >= 0.6 is 11.6 Å². The molecule has 32 heavy (non-hydrogen) atoms. The van der Waals surface area contributed by atoms with E-state index in [1.807, 2.05) is 20.8 Å². The molecule has 0 aliphatic rings. The van der Waals surface area contributed by atoms with Gasteiger partial charge >= 0.3 is 0 Å². The Balaban J connectivity index is 1.94. The van der Waals surface area contributed by atoms with Crippen LogP contribution in [0.5, 0.6) is 0 Å². The number of benzene rings is 2. The molecule has 2 aromatic carbocycles. The molecule has 1 heterocycles. The first-order chi connectivity index (χ1) is 15.0. The van der Waals surface area contributed by atoms with Gasteiger partial charge in [0.15, 0.2) is 0 Å². The van der Waals surface area contributed by atoms with Gasteiger partial charge in [-0.15, -0.1) is 6.58 Å². The zero-order valence-electron chi connectivity index (χ0n) is 18.1. The van der Waals surface area contributed by atoms with Crippen molar-refractivity contribution in [1.29, 1.82) is 0 Å². The molecule has 0 radical (unpaired) electrons. The third-order valence-electron chi connectivity index (χ3n) is 4.63. The molecular formula is C23H25ClN4O3S. The third kappa shape index (κ3) is 5.03. The second-order valence-electron chi connectivity index (χ2n) is 8.10. The Morgan fingerprint density at radius 2 is 1.91 bits per heavy atom. The van der Waals surface area contributed by atoms with Gasteiger partial charge in [-0.2, -0.15) is 5.10 Å². The lowest BCUT2D eigenvalue weighted by Gasteiger charge is -2.24. The number of aromatic nitrogens is 2. The van der Waals surface area contributed by atoms with Crippen LogP contribution in [0.1, 0.15) is 31.1 Å². The zero-order chi connectivity index (χ0) is 23.5. The highest BCUT2D eigenvalue weighted by molar-refractivity contribution is 7.93. The maximum atomic E-state index is 13.4. The SMILES string of the molecule is C=CCN(c1ccccc1)S(=O)(=O)c1cc(C(=O)Nc2cnn(C(C)(C)C)c2)ccc1Cl. The van der Waals surface area contributed by atoms with Crippen LogP contribution in [0.2, 0.25) is 5.02 Å². The molecule has 3 rings (SSSR count). The van der Waals surface area contributed by atoms with Crippen molar-refractivity contribution in [2.24, 2.45) is 0 Å². The fourth-order valence-electron chi connectivity index (χ4n) is 2.97. The number of anilines is 2. The lowest BCUT2D eigenvalue weighted by molar-refractivity contribution is 0.102. The lowest BCUT2D eigenvalue weighted by atomic mass is 10.1. The van der Waals surface area contributed by atoms with Gasteiger partial charge in [-0.25, -0.2) is 8.42 Å². The molecule has 0 aliphatic heterocycles. The van der Waals surface area contributed by atoms with Gasteiger partial charge in [-0.05, 0) is 51.1 Å². The highest BCUT2D eigenvalue weighted by Gasteiger charge is 2.27. The number of nitrogens with one attached hydrogen (secondary N) is 1. The van der Waals surface area contributed by atoms with Gasteiger partial charge in [0.05, 0.1) is 34.7 Å². The molecule has 1 N–H and O–H groups in total. The summed E-state index contributed by atoms with van der Waals surface area (Å²) in [4.78, 5) is 12.6. The molecule has 0 fully saturated rings. The van der Waals surface area contributed by atoms with Crippen LogP contribution in [0, 0.1) is 0 Å². The van der Waals surface area contributed by atoms with Crippen molar-refractivity contribution in [2.45, 2.75) is 31.2 Å². The number of hydrogen-bond acceptors (Lipinski definition) is 4. The number of nitrogens with zero attached hydrogens (tertiary/aromatic N) is 3. The maximum absolute atomic E-state index is 13.4. The van der Waals surface area contributed by atoms with Crippen LogP contribution in [0.25, 0.3) is 0 Å². The van der Waals surface area contributed by atoms with Crippen molar-refractivity contribution < 1.29 is 13.2 Å². The van der Waals surface area contributed by atoms with Gasteiger partial charge in [0.2, 0.25) is 0 Å². The third-order valence-corrected chi connectivity index (χ3v) is 6.90. The molecule has 168 valence electrons. The number of para-hydroxylation sites is 1. The summed E-state index contributed by atoms with van der Waals surface area (Å²) >= 11 is 6.25. The summed E-state index contributed by atoms with van der Waals surface area (Å²) in [6.45, 7) is 9.67. The number of halogens is 1. The molecule has 0 unspecified atom stereocenters. The van der Waals surface area contributed by atoms with Gasteiger partial charge in [0.1, 0.15) is 4.90 Å². The van der Waals surface area contributed by atoms with Gasteiger partial charge in [-0.3, -0.25) is 13.8 Å². The molecule has 0 saturated heterocycles. The summed E-state index contributed by atoms with van der Waals surface area (Å²) in [6, 6.07) is 12.8. The number of rotatable bonds is 7. The first kappa shape index (κ1) is 23.6. The van der Waals surface area contributed by atoms with Crippen molar-refractivity contribution >= 4 is 38.9 Å². The number of sulfonamides is 1. The van der Waals surface area contributed by atoms with Crippen LogP contribution in [-0.2, 0) is 15.6 Å². The zero-order valence-corrected chi connectivity index (χ0v) is 19.7. The molecule has 0 bridgehead atoms. The smallest absolute Gasteiger partial charge is 0.266 e. The van der Waals surface area contributed by atoms with E-state index in [4.69, 9.17) is 11.6 Å². The minimum Gasteiger partial charge on any atom is -0.319 e. The molecule has 1 aromatic heterocycles. The second kappa shape index (κ2) is 9.18. The topological polar surface area (TPSA) is 84.3 Å². The number of hydrogen-bond donors (Lipinski definition) is 1. The number of carbonyl (C=O) groups excluding carboxylic acids is 1. The summed E-state index contributed by atoms with van der Waals surface area (Å²) < 4.78 is 29.8. The molecule has 0 atom stereocenters. The van der Waals surface area contributed by atoms with E-state index in [0.29, 0.717) is 11.4 Å². The summed E-state index contributed by atoms with van der Waals surface area (Å²) in [7, 11) is -4.06. The van der Waals surface area contributed by atoms with Crippen molar-refractivity contribution in [2.75, 3.05) is 16.2 Å². The van der Waals surface area contributed by atoms with Crippen LogP contribution in [0.4, 0.5) is 11.4 Å². The minimum absolute atomic E-state index is 0.0205. The quantitative estimate of drug-likeness (QED) is 0.494. The molecule has 1 amide bonds. The van der Waals surface area contributed by atoms with E-state index < -0.39 is 15.9 Å². The predicted molar refractivity (Wildman–Crippen MR) is 128 cm³/mol. The average Bonchev–Trinajstić information content (AvgIpc) is 3.21. The normalized spacial score (nSPS) is 11.8.